The van der Waals surface area contributed by atoms with Gasteiger partial charge in [-0.3, -0.25) is 4.79 Å². The lowest BCUT2D eigenvalue weighted by Gasteiger charge is -2.04. The number of aromatic nitrogens is 2. The Kier molecular flexibility index (Phi) is 7.40. The summed E-state index contributed by atoms with van der Waals surface area (Å²) in [5.74, 6) is -0.0170. The maximum absolute atomic E-state index is 12.2. The molecule has 0 saturated heterocycles. The number of hydrogen-bond acceptors (Lipinski definition) is 7. The van der Waals surface area contributed by atoms with Crippen LogP contribution in [0.4, 0.5) is 5.69 Å². The van der Waals surface area contributed by atoms with Crippen molar-refractivity contribution < 1.29 is 18.7 Å². The Hall–Kier alpha value is -3.39. The van der Waals surface area contributed by atoms with Crippen molar-refractivity contribution in [2.24, 2.45) is 0 Å². The molecule has 0 aliphatic carbocycles. The van der Waals surface area contributed by atoms with E-state index >= 15 is 0 Å². The Morgan fingerprint density at radius 2 is 1.97 bits per heavy atom. The fourth-order valence-electron chi connectivity index (χ4n) is 2.52. The molecule has 1 aromatic heterocycles. The molecule has 1 amide bonds. The van der Waals surface area contributed by atoms with Crippen LogP contribution in [0, 0.1) is 6.92 Å². The van der Waals surface area contributed by atoms with Gasteiger partial charge in [0.1, 0.15) is 0 Å². The van der Waals surface area contributed by atoms with Crippen LogP contribution in [-0.2, 0) is 14.3 Å². The first-order chi connectivity index (χ1) is 14.5. The third kappa shape index (κ3) is 6.31. The van der Waals surface area contributed by atoms with Gasteiger partial charge >= 0.3 is 5.97 Å². The van der Waals surface area contributed by atoms with Crippen molar-refractivity contribution in [2.75, 3.05) is 17.7 Å². The standard InChI is InChI=1S/C22H21N3O4S/c1-3-28-20(27)12-9-16-7-10-18(11-8-16)23-19(26)14-30-22-25-24-21(29-22)17-6-4-5-15(2)13-17/h4-13H,3,14H2,1-2H3,(H,23,26)/b12-9+. The van der Waals surface area contributed by atoms with Crippen molar-refractivity contribution in [3.8, 4) is 11.5 Å². The van der Waals surface area contributed by atoms with Gasteiger partial charge in [0, 0.05) is 17.3 Å². The van der Waals surface area contributed by atoms with Gasteiger partial charge in [-0.25, -0.2) is 4.79 Å². The lowest BCUT2D eigenvalue weighted by atomic mass is 10.1. The zero-order valence-electron chi connectivity index (χ0n) is 16.6. The number of carbonyl (C=O) groups is 2. The zero-order chi connectivity index (χ0) is 21.3. The molecule has 3 aromatic rings. The van der Waals surface area contributed by atoms with E-state index in [4.69, 9.17) is 9.15 Å². The Bertz CT molecular complexity index is 1040. The van der Waals surface area contributed by atoms with Crippen molar-refractivity contribution in [1.29, 1.82) is 0 Å². The van der Waals surface area contributed by atoms with Gasteiger partial charge in [-0.15, -0.1) is 10.2 Å². The molecule has 0 fully saturated rings. The van der Waals surface area contributed by atoms with Gasteiger partial charge in [0.2, 0.25) is 11.8 Å². The fourth-order valence-corrected chi connectivity index (χ4v) is 3.08. The van der Waals surface area contributed by atoms with Crippen molar-refractivity contribution in [3.63, 3.8) is 0 Å². The number of benzene rings is 2. The molecule has 0 spiro atoms. The van der Waals surface area contributed by atoms with Gasteiger partial charge in [-0.1, -0.05) is 41.6 Å². The lowest BCUT2D eigenvalue weighted by molar-refractivity contribution is -0.137. The minimum absolute atomic E-state index is 0.139. The van der Waals surface area contributed by atoms with E-state index in [1.165, 1.54) is 17.8 Å². The summed E-state index contributed by atoms with van der Waals surface area (Å²) in [6.07, 6.45) is 3.02. The molecule has 0 bridgehead atoms. The first-order valence-electron chi connectivity index (χ1n) is 9.31. The molecule has 30 heavy (non-hydrogen) atoms. The highest BCUT2D eigenvalue weighted by molar-refractivity contribution is 7.99. The molecule has 0 atom stereocenters. The van der Waals surface area contributed by atoms with E-state index in [1.807, 2.05) is 31.2 Å². The Balaban J connectivity index is 1.50. The summed E-state index contributed by atoms with van der Waals surface area (Å²) in [6, 6.07) is 14.9. The number of aryl methyl sites for hydroxylation is 1. The molecule has 0 unspecified atom stereocenters. The van der Waals surface area contributed by atoms with Crippen molar-refractivity contribution in [1.82, 2.24) is 10.2 Å². The van der Waals surface area contributed by atoms with Crippen LogP contribution in [0.2, 0.25) is 0 Å². The van der Waals surface area contributed by atoms with Crippen molar-refractivity contribution in [3.05, 3.63) is 65.7 Å². The zero-order valence-corrected chi connectivity index (χ0v) is 17.4. The minimum atomic E-state index is -0.390. The molecular weight excluding hydrogens is 402 g/mol. The van der Waals surface area contributed by atoms with Crippen LogP contribution in [0.25, 0.3) is 17.5 Å². The second kappa shape index (κ2) is 10.4. The van der Waals surface area contributed by atoms with E-state index in [0.29, 0.717) is 23.4 Å². The molecule has 8 heteroatoms. The molecule has 0 aliphatic rings. The van der Waals surface area contributed by atoms with E-state index in [0.717, 1.165) is 16.7 Å². The first-order valence-corrected chi connectivity index (χ1v) is 10.3. The fraction of sp³-hybridized carbons (Fsp3) is 0.182. The number of amides is 1. The molecular formula is C22H21N3O4S. The highest BCUT2D eigenvalue weighted by Gasteiger charge is 2.11. The molecule has 1 N–H and O–H groups in total. The number of nitrogens with zero attached hydrogens (tertiary/aromatic N) is 2. The average molecular weight is 423 g/mol. The summed E-state index contributed by atoms with van der Waals surface area (Å²) in [4.78, 5) is 23.5. The number of thioether (sulfide) groups is 1. The first kappa shape index (κ1) is 21.3. The molecule has 0 aliphatic heterocycles. The molecule has 3 rings (SSSR count). The minimum Gasteiger partial charge on any atom is -0.463 e. The molecule has 154 valence electrons. The third-order valence-electron chi connectivity index (χ3n) is 3.89. The predicted octanol–water partition coefficient (Wildman–Crippen LogP) is 4.35. The van der Waals surface area contributed by atoms with E-state index in [9.17, 15) is 9.59 Å². The van der Waals surface area contributed by atoms with Crippen LogP contribution in [-0.4, -0.2) is 34.4 Å². The summed E-state index contributed by atoms with van der Waals surface area (Å²) in [6.45, 7) is 4.08. The van der Waals surface area contributed by atoms with E-state index in [2.05, 4.69) is 15.5 Å². The summed E-state index contributed by atoms with van der Waals surface area (Å²) in [5, 5.41) is 11.2. The van der Waals surface area contributed by atoms with Gasteiger partial charge in [0.05, 0.1) is 12.4 Å². The second-order valence-corrected chi connectivity index (χ2v) is 7.21. The Morgan fingerprint density at radius 3 is 2.70 bits per heavy atom. The number of rotatable bonds is 8. The summed E-state index contributed by atoms with van der Waals surface area (Å²) in [5.41, 5.74) is 3.42. The van der Waals surface area contributed by atoms with E-state index < -0.39 is 5.97 Å². The highest BCUT2D eigenvalue weighted by atomic mass is 32.2. The Morgan fingerprint density at radius 1 is 1.17 bits per heavy atom. The quantitative estimate of drug-likeness (QED) is 0.327. The molecule has 2 aromatic carbocycles. The van der Waals surface area contributed by atoms with Crippen LogP contribution in [0.5, 0.6) is 0 Å². The number of hydrogen-bond donors (Lipinski definition) is 1. The topological polar surface area (TPSA) is 94.3 Å². The van der Waals surface area contributed by atoms with Gasteiger partial charge < -0.3 is 14.5 Å². The number of nitrogens with one attached hydrogen (secondary N) is 1. The molecule has 0 saturated carbocycles. The number of ether oxygens (including phenoxy) is 1. The lowest BCUT2D eigenvalue weighted by Crippen LogP contribution is -2.13. The predicted molar refractivity (Wildman–Crippen MR) is 116 cm³/mol. The summed E-state index contributed by atoms with van der Waals surface area (Å²) >= 11 is 1.17. The molecule has 7 nitrogen and oxygen atoms in total. The Labute approximate surface area is 178 Å². The molecule has 1 heterocycles. The van der Waals surface area contributed by atoms with E-state index in [1.54, 1.807) is 37.3 Å². The average Bonchev–Trinajstić information content (AvgIpc) is 3.21. The van der Waals surface area contributed by atoms with Gasteiger partial charge in [-0.05, 0) is 49.8 Å². The third-order valence-corrected chi connectivity index (χ3v) is 4.71. The maximum atomic E-state index is 12.2. The summed E-state index contributed by atoms with van der Waals surface area (Å²) < 4.78 is 10.5. The van der Waals surface area contributed by atoms with E-state index in [-0.39, 0.29) is 11.7 Å². The van der Waals surface area contributed by atoms with Crippen LogP contribution in [0.15, 0.2) is 64.2 Å². The SMILES string of the molecule is CCOC(=O)/C=C/c1ccc(NC(=O)CSc2nnc(-c3cccc(C)c3)o2)cc1. The molecule has 0 radical (unpaired) electrons. The summed E-state index contributed by atoms with van der Waals surface area (Å²) in [7, 11) is 0. The monoisotopic (exact) mass is 423 g/mol. The second-order valence-electron chi connectivity index (χ2n) is 6.29. The van der Waals surface area contributed by atoms with Crippen LogP contribution in [0.1, 0.15) is 18.1 Å². The van der Waals surface area contributed by atoms with Crippen LogP contribution >= 0.6 is 11.8 Å². The number of esters is 1. The van der Waals surface area contributed by atoms with Gasteiger partial charge in [-0.2, -0.15) is 0 Å². The smallest absolute Gasteiger partial charge is 0.330 e. The number of anilines is 1. The van der Waals surface area contributed by atoms with Gasteiger partial charge in [0.25, 0.3) is 5.22 Å². The van der Waals surface area contributed by atoms with Crippen LogP contribution in [0.3, 0.4) is 0 Å². The normalized spacial score (nSPS) is 10.9. The number of carbonyl (C=O) groups excluding carboxylic acids is 2. The van der Waals surface area contributed by atoms with Crippen molar-refractivity contribution >= 4 is 35.4 Å². The maximum Gasteiger partial charge on any atom is 0.330 e. The van der Waals surface area contributed by atoms with Crippen LogP contribution < -0.4 is 5.32 Å². The van der Waals surface area contributed by atoms with Crippen molar-refractivity contribution in [2.45, 2.75) is 19.1 Å². The highest BCUT2D eigenvalue weighted by Crippen LogP contribution is 2.24. The van der Waals surface area contributed by atoms with Gasteiger partial charge in [0.15, 0.2) is 0 Å². The largest absolute Gasteiger partial charge is 0.463 e.